The Balaban J connectivity index is 1.68. The van der Waals surface area contributed by atoms with Crippen molar-refractivity contribution in [3.8, 4) is 6.07 Å². The monoisotopic (exact) mass is 431 g/mol. The van der Waals surface area contributed by atoms with Crippen LogP contribution in [0.4, 0.5) is 4.79 Å². The Hall–Kier alpha value is -1.81. The van der Waals surface area contributed by atoms with Gasteiger partial charge < -0.3 is 20.1 Å². The van der Waals surface area contributed by atoms with Crippen LogP contribution in [0.25, 0.3) is 0 Å². The Morgan fingerprint density at radius 3 is 2.29 bits per heavy atom. The van der Waals surface area contributed by atoms with Crippen molar-refractivity contribution in [3.63, 3.8) is 0 Å². The SMILES string of the molecule is CC1[C@@H](C)CC(C#N)N1C(=O)C(NC(=O)OC(C)(C)C)C12CC3CC(CC(O)(C3)C1)C2. The third-order valence-electron chi connectivity index (χ3n) is 8.19. The van der Waals surface area contributed by atoms with Crippen LogP contribution in [0.1, 0.15) is 79.6 Å². The molecule has 2 amide bonds. The molecule has 172 valence electrons. The molecule has 0 aromatic heterocycles. The summed E-state index contributed by atoms with van der Waals surface area (Å²) in [5, 5.41) is 23.9. The maximum absolute atomic E-state index is 14.0. The molecule has 4 bridgehead atoms. The summed E-state index contributed by atoms with van der Waals surface area (Å²) in [6, 6.07) is 0.946. The molecule has 0 spiro atoms. The van der Waals surface area contributed by atoms with Gasteiger partial charge in [-0.05, 0) is 90.4 Å². The van der Waals surface area contributed by atoms with Crippen molar-refractivity contribution < 1.29 is 19.4 Å². The molecule has 1 aliphatic heterocycles. The summed E-state index contributed by atoms with van der Waals surface area (Å²) in [6.45, 7) is 9.44. The van der Waals surface area contributed by atoms with Crippen molar-refractivity contribution in [1.29, 1.82) is 5.26 Å². The number of ether oxygens (including phenoxy) is 1. The number of carbonyl (C=O) groups is 2. The van der Waals surface area contributed by atoms with Gasteiger partial charge in [-0.1, -0.05) is 6.92 Å². The van der Waals surface area contributed by atoms with Crippen LogP contribution in [0.15, 0.2) is 0 Å². The highest BCUT2D eigenvalue weighted by Gasteiger charge is 2.62. The van der Waals surface area contributed by atoms with E-state index < -0.39 is 34.8 Å². The van der Waals surface area contributed by atoms with E-state index in [1.54, 1.807) is 25.7 Å². The van der Waals surface area contributed by atoms with Gasteiger partial charge >= 0.3 is 6.09 Å². The van der Waals surface area contributed by atoms with Crippen LogP contribution in [0.2, 0.25) is 0 Å². The lowest BCUT2D eigenvalue weighted by Crippen LogP contribution is -2.67. The number of hydrogen-bond donors (Lipinski definition) is 2. The van der Waals surface area contributed by atoms with E-state index in [9.17, 15) is 20.0 Å². The lowest BCUT2D eigenvalue weighted by molar-refractivity contribution is -0.180. The molecule has 7 nitrogen and oxygen atoms in total. The predicted molar refractivity (Wildman–Crippen MR) is 115 cm³/mol. The van der Waals surface area contributed by atoms with Gasteiger partial charge in [0.05, 0.1) is 11.7 Å². The highest BCUT2D eigenvalue weighted by molar-refractivity contribution is 5.88. The first kappa shape index (κ1) is 22.4. The van der Waals surface area contributed by atoms with Crippen molar-refractivity contribution in [2.45, 2.75) is 109 Å². The predicted octanol–water partition coefficient (Wildman–Crippen LogP) is 3.36. The Morgan fingerprint density at radius 2 is 1.77 bits per heavy atom. The molecular weight excluding hydrogens is 394 g/mol. The molecule has 6 atom stereocenters. The number of rotatable bonds is 3. The smallest absolute Gasteiger partial charge is 0.408 e. The van der Waals surface area contributed by atoms with Gasteiger partial charge in [-0.15, -0.1) is 0 Å². The van der Waals surface area contributed by atoms with Crippen LogP contribution in [0, 0.1) is 34.5 Å². The summed E-state index contributed by atoms with van der Waals surface area (Å²) in [7, 11) is 0. The minimum absolute atomic E-state index is 0.0721. The van der Waals surface area contributed by atoms with Crippen molar-refractivity contribution in [1.82, 2.24) is 10.2 Å². The molecule has 0 aromatic rings. The Labute approximate surface area is 185 Å². The van der Waals surface area contributed by atoms with Crippen molar-refractivity contribution in [2.75, 3.05) is 0 Å². The Bertz CT molecular complexity index is 784. The van der Waals surface area contributed by atoms with E-state index in [0.29, 0.717) is 24.7 Å². The standard InChI is InChI=1S/C24H37N3O4/c1-14-6-18(12-25)27(15(14)2)20(28)19(26-21(29)31-22(3,4)5)23-8-16-7-17(9-23)11-24(30,10-16)13-23/h14-19,30H,6-11,13H2,1-5H3,(H,26,29)/t14-,15?,16?,17?,18?,19?,23?,24?/m0/s1. The van der Waals surface area contributed by atoms with E-state index in [1.807, 2.05) is 6.92 Å². The van der Waals surface area contributed by atoms with Gasteiger partial charge in [0.1, 0.15) is 17.7 Å². The Kier molecular flexibility index (Phi) is 5.32. The quantitative estimate of drug-likeness (QED) is 0.713. The first-order valence-corrected chi connectivity index (χ1v) is 11.8. The number of carbonyl (C=O) groups excluding carboxylic acids is 2. The van der Waals surface area contributed by atoms with Gasteiger partial charge in [0.15, 0.2) is 0 Å². The van der Waals surface area contributed by atoms with Crippen LogP contribution in [-0.2, 0) is 9.53 Å². The molecule has 0 aromatic carbocycles. The van der Waals surface area contributed by atoms with E-state index in [1.165, 1.54) is 0 Å². The van der Waals surface area contributed by atoms with Crippen molar-refractivity contribution in [3.05, 3.63) is 0 Å². The topological polar surface area (TPSA) is 103 Å². The summed E-state index contributed by atoms with van der Waals surface area (Å²) in [5.41, 5.74) is -1.92. The molecule has 5 rings (SSSR count). The van der Waals surface area contributed by atoms with E-state index in [4.69, 9.17) is 4.74 Å². The average Bonchev–Trinajstić information content (AvgIpc) is 2.89. The van der Waals surface area contributed by atoms with Gasteiger partial charge in [-0.25, -0.2) is 4.79 Å². The first-order chi connectivity index (χ1) is 14.3. The Morgan fingerprint density at radius 1 is 1.16 bits per heavy atom. The van der Waals surface area contributed by atoms with Crippen molar-refractivity contribution in [2.24, 2.45) is 23.2 Å². The van der Waals surface area contributed by atoms with Crippen LogP contribution >= 0.6 is 0 Å². The molecule has 31 heavy (non-hydrogen) atoms. The van der Waals surface area contributed by atoms with Crippen molar-refractivity contribution >= 4 is 12.0 Å². The van der Waals surface area contributed by atoms with Crippen LogP contribution < -0.4 is 5.32 Å². The minimum atomic E-state index is -0.789. The minimum Gasteiger partial charge on any atom is -0.444 e. The summed E-state index contributed by atoms with van der Waals surface area (Å²) < 4.78 is 5.52. The molecule has 4 aliphatic carbocycles. The number of likely N-dealkylation sites (tertiary alicyclic amines) is 1. The number of alkyl carbamates (subject to hydrolysis) is 1. The number of nitrogens with zero attached hydrogens (tertiary/aromatic N) is 2. The molecule has 1 saturated heterocycles. The fourth-order valence-corrected chi connectivity index (χ4v) is 7.36. The number of amides is 2. The molecule has 0 radical (unpaired) electrons. The molecule has 2 N–H and O–H groups in total. The second-order valence-corrected chi connectivity index (χ2v) is 12.0. The average molecular weight is 432 g/mol. The van der Waals surface area contributed by atoms with Crippen LogP contribution in [0.3, 0.4) is 0 Å². The lowest BCUT2D eigenvalue weighted by atomic mass is 9.46. The molecule has 5 fully saturated rings. The van der Waals surface area contributed by atoms with Crippen LogP contribution in [0.5, 0.6) is 0 Å². The maximum atomic E-state index is 14.0. The second-order valence-electron chi connectivity index (χ2n) is 12.0. The summed E-state index contributed by atoms with van der Waals surface area (Å²) in [6.07, 6.45) is 4.88. The molecular formula is C24H37N3O4. The number of nitriles is 1. The zero-order chi connectivity index (χ0) is 22.8. The van der Waals surface area contributed by atoms with E-state index in [-0.39, 0.29) is 17.9 Å². The van der Waals surface area contributed by atoms with Crippen LogP contribution in [-0.4, -0.2) is 51.3 Å². The molecule has 7 heteroatoms. The highest BCUT2D eigenvalue weighted by atomic mass is 16.6. The number of hydrogen-bond acceptors (Lipinski definition) is 5. The summed E-state index contributed by atoms with van der Waals surface area (Å²) >= 11 is 0. The number of aliphatic hydroxyl groups is 1. The second kappa shape index (κ2) is 7.37. The van der Waals surface area contributed by atoms with E-state index >= 15 is 0 Å². The van der Waals surface area contributed by atoms with E-state index in [0.717, 1.165) is 32.1 Å². The van der Waals surface area contributed by atoms with Gasteiger partial charge in [0, 0.05) is 11.5 Å². The fourth-order valence-electron chi connectivity index (χ4n) is 7.36. The normalized spacial score (nSPS) is 42.2. The summed E-state index contributed by atoms with van der Waals surface area (Å²) in [4.78, 5) is 28.5. The molecule has 5 aliphatic rings. The fraction of sp³-hybridized carbons (Fsp3) is 0.875. The first-order valence-electron chi connectivity index (χ1n) is 11.8. The largest absolute Gasteiger partial charge is 0.444 e. The maximum Gasteiger partial charge on any atom is 0.408 e. The molecule has 1 heterocycles. The third kappa shape index (κ3) is 4.04. The zero-order valence-corrected chi connectivity index (χ0v) is 19.5. The summed E-state index contributed by atoms with van der Waals surface area (Å²) in [5.74, 6) is 0.781. The van der Waals surface area contributed by atoms with Gasteiger partial charge in [-0.3, -0.25) is 4.79 Å². The highest BCUT2D eigenvalue weighted by Crippen LogP contribution is 2.63. The molecule has 5 unspecified atom stereocenters. The molecule has 4 saturated carbocycles. The number of nitrogens with one attached hydrogen (secondary N) is 1. The third-order valence-corrected chi connectivity index (χ3v) is 8.19. The van der Waals surface area contributed by atoms with E-state index in [2.05, 4.69) is 18.3 Å². The van der Waals surface area contributed by atoms with Gasteiger partial charge in [0.25, 0.3) is 0 Å². The van der Waals surface area contributed by atoms with Gasteiger partial charge in [0.2, 0.25) is 5.91 Å². The van der Waals surface area contributed by atoms with Gasteiger partial charge in [-0.2, -0.15) is 5.26 Å². The lowest BCUT2D eigenvalue weighted by Gasteiger charge is -2.62. The zero-order valence-electron chi connectivity index (χ0n) is 19.5.